The molecule has 1 aromatic rings. The second-order valence-corrected chi connectivity index (χ2v) is 5.03. The van der Waals surface area contributed by atoms with Crippen molar-refractivity contribution < 1.29 is 4.74 Å². The normalized spacial score (nSPS) is 16.1. The Morgan fingerprint density at radius 1 is 1.38 bits per heavy atom. The lowest BCUT2D eigenvalue weighted by Crippen LogP contribution is -1.99. The summed E-state index contributed by atoms with van der Waals surface area (Å²) in [5.41, 5.74) is 1.89. The van der Waals surface area contributed by atoms with Gasteiger partial charge in [-0.15, -0.1) is 0 Å². The smallest absolute Gasteiger partial charge is 0.136 e. The van der Waals surface area contributed by atoms with Crippen molar-refractivity contribution in [2.75, 3.05) is 7.11 Å². The van der Waals surface area contributed by atoms with Gasteiger partial charge < -0.3 is 4.74 Å². The van der Waals surface area contributed by atoms with Crippen molar-refractivity contribution in [1.82, 2.24) is 0 Å². The lowest BCUT2D eigenvalue weighted by atomic mass is 9.95. The quantitative estimate of drug-likeness (QED) is 0.820. The number of benzene rings is 1. The predicted octanol–water partition coefficient (Wildman–Crippen LogP) is 3.99. The Kier molecular flexibility index (Phi) is 3.50. The highest BCUT2D eigenvalue weighted by Gasteiger charge is 2.22. The molecule has 0 radical (unpaired) electrons. The van der Waals surface area contributed by atoms with Gasteiger partial charge in [0.25, 0.3) is 0 Å². The zero-order valence-electron chi connectivity index (χ0n) is 9.29. The van der Waals surface area contributed by atoms with Crippen molar-refractivity contribution >= 4 is 15.9 Å². The van der Waals surface area contributed by atoms with E-state index in [4.69, 9.17) is 10.00 Å². The summed E-state index contributed by atoms with van der Waals surface area (Å²) in [5, 5.41) is 8.98. The van der Waals surface area contributed by atoms with E-state index in [9.17, 15) is 0 Å². The van der Waals surface area contributed by atoms with Gasteiger partial charge in [-0.1, -0.05) is 12.8 Å². The SMILES string of the molecule is COc1c(Br)cc(C#N)cc1C1CCCC1. The second kappa shape index (κ2) is 4.88. The molecular formula is C13H14BrNO. The minimum Gasteiger partial charge on any atom is -0.495 e. The molecule has 0 aromatic heterocycles. The summed E-state index contributed by atoms with van der Waals surface area (Å²) in [5.74, 6) is 1.45. The van der Waals surface area contributed by atoms with Crippen molar-refractivity contribution in [2.24, 2.45) is 0 Å². The third-order valence-corrected chi connectivity index (χ3v) is 3.79. The van der Waals surface area contributed by atoms with Crippen LogP contribution < -0.4 is 4.74 Å². The van der Waals surface area contributed by atoms with Gasteiger partial charge in [-0.2, -0.15) is 5.26 Å². The summed E-state index contributed by atoms with van der Waals surface area (Å²) >= 11 is 3.47. The van der Waals surface area contributed by atoms with Crippen LogP contribution in [-0.4, -0.2) is 7.11 Å². The molecule has 0 spiro atoms. The van der Waals surface area contributed by atoms with E-state index in [0.29, 0.717) is 11.5 Å². The van der Waals surface area contributed by atoms with Crippen molar-refractivity contribution in [3.8, 4) is 11.8 Å². The van der Waals surface area contributed by atoms with Crippen LogP contribution in [0.15, 0.2) is 16.6 Å². The molecule has 84 valence electrons. The summed E-state index contributed by atoms with van der Waals surface area (Å²) in [4.78, 5) is 0. The highest BCUT2D eigenvalue weighted by Crippen LogP contribution is 2.42. The molecule has 2 rings (SSSR count). The molecule has 0 atom stereocenters. The van der Waals surface area contributed by atoms with Crippen LogP contribution in [0.2, 0.25) is 0 Å². The Bertz CT molecular complexity index is 430. The fraction of sp³-hybridized carbons (Fsp3) is 0.462. The van der Waals surface area contributed by atoms with Gasteiger partial charge in [0.05, 0.1) is 23.2 Å². The first-order valence-corrected chi connectivity index (χ1v) is 6.33. The molecular weight excluding hydrogens is 266 g/mol. The third kappa shape index (κ3) is 2.08. The lowest BCUT2D eigenvalue weighted by molar-refractivity contribution is 0.402. The number of ether oxygens (including phenoxy) is 1. The topological polar surface area (TPSA) is 33.0 Å². The van der Waals surface area contributed by atoms with Gasteiger partial charge in [-0.05, 0) is 52.4 Å². The molecule has 1 aliphatic rings. The molecule has 0 N–H and O–H groups in total. The number of rotatable bonds is 2. The Morgan fingerprint density at radius 3 is 2.62 bits per heavy atom. The molecule has 0 aliphatic heterocycles. The van der Waals surface area contributed by atoms with E-state index in [2.05, 4.69) is 22.0 Å². The monoisotopic (exact) mass is 279 g/mol. The summed E-state index contributed by atoms with van der Waals surface area (Å²) in [6.45, 7) is 0. The molecule has 16 heavy (non-hydrogen) atoms. The average molecular weight is 280 g/mol. The van der Waals surface area contributed by atoms with Crippen LogP contribution in [0.5, 0.6) is 5.75 Å². The predicted molar refractivity (Wildman–Crippen MR) is 66.6 cm³/mol. The van der Waals surface area contributed by atoms with E-state index in [1.54, 1.807) is 7.11 Å². The Labute approximate surface area is 104 Å². The molecule has 3 heteroatoms. The van der Waals surface area contributed by atoms with E-state index >= 15 is 0 Å². The number of hydrogen-bond donors (Lipinski definition) is 0. The van der Waals surface area contributed by atoms with E-state index in [-0.39, 0.29) is 0 Å². The average Bonchev–Trinajstić information content (AvgIpc) is 2.81. The molecule has 1 saturated carbocycles. The van der Waals surface area contributed by atoms with Gasteiger partial charge in [0.2, 0.25) is 0 Å². The van der Waals surface area contributed by atoms with Gasteiger partial charge in [-0.25, -0.2) is 0 Å². The van der Waals surface area contributed by atoms with Crippen molar-refractivity contribution in [1.29, 1.82) is 5.26 Å². The molecule has 1 aliphatic carbocycles. The Hall–Kier alpha value is -1.01. The van der Waals surface area contributed by atoms with Crippen LogP contribution in [0.25, 0.3) is 0 Å². The standard InChI is InChI=1S/C13H14BrNO/c1-16-13-11(10-4-2-3-5-10)6-9(8-15)7-12(13)14/h6-7,10H,2-5H2,1H3. The Balaban J connectivity index is 2.47. The summed E-state index contributed by atoms with van der Waals surface area (Å²) in [6.07, 6.45) is 4.97. The zero-order chi connectivity index (χ0) is 11.5. The number of nitrogens with zero attached hydrogens (tertiary/aromatic N) is 1. The minimum absolute atomic E-state index is 0.555. The van der Waals surface area contributed by atoms with Crippen molar-refractivity contribution in [2.45, 2.75) is 31.6 Å². The van der Waals surface area contributed by atoms with Crippen LogP contribution in [0.3, 0.4) is 0 Å². The van der Waals surface area contributed by atoms with E-state index < -0.39 is 0 Å². The minimum atomic E-state index is 0.555. The molecule has 1 fully saturated rings. The number of methoxy groups -OCH3 is 1. The van der Waals surface area contributed by atoms with Crippen molar-refractivity contribution in [3.05, 3.63) is 27.7 Å². The van der Waals surface area contributed by atoms with Gasteiger partial charge in [-0.3, -0.25) is 0 Å². The fourth-order valence-electron chi connectivity index (χ4n) is 2.43. The fourth-order valence-corrected chi connectivity index (χ4v) is 3.07. The van der Waals surface area contributed by atoms with E-state index in [0.717, 1.165) is 10.2 Å². The number of hydrogen-bond acceptors (Lipinski definition) is 2. The highest BCUT2D eigenvalue weighted by molar-refractivity contribution is 9.10. The van der Waals surface area contributed by atoms with Gasteiger partial charge in [0.1, 0.15) is 5.75 Å². The molecule has 2 nitrogen and oxygen atoms in total. The van der Waals surface area contributed by atoms with E-state index in [1.165, 1.54) is 31.2 Å². The van der Waals surface area contributed by atoms with E-state index in [1.807, 2.05) is 12.1 Å². The summed E-state index contributed by atoms with van der Waals surface area (Å²) < 4.78 is 6.32. The van der Waals surface area contributed by atoms with Gasteiger partial charge in [0.15, 0.2) is 0 Å². The zero-order valence-corrected chi connectivity index (χ0v) is 10.9. The van der Waals surface area contributed by atoms with Gasteiger partial charge >= 0.3 is 0 Å². The first-order valence-electron chi connectivity index (χ1n) is 5.53. The number of nitriles is 1. The molecule has 0 saturated heterocycles. The number of halogens is 1. The first-order chi connectivity index (χ1) is 7.76. The largest absolute Gasteiger partial charge is 0.495 e. The van der Waals surface area contributed by atoms with Crippen LogP contribution >= 0.6 is 15.9 Å². The molecule has 0 unspecified atom stereocenters. The van der Waals surface area contributed by atoms with Crippen LogP contribution in [-0.2, 0) is 0 Å². The second-order valence-electron chi connectivity index (χ2n) is 4.17. The molecule has 0 bridgehead atoms. The van der Waals surface area contributed by atoms with Crippen LogP contribution in [0.4, 0.5) is 0 Å². The molecule has 0 amide bonds. The first kappa shape index (κ1) is 11.5. The van der Waals surface area contributed by atoms with Crippen LogP contribution in [0.1, 0.15) is 42.7 Å². The molecule has 0 heterocycles. The van der Waals surface area contributed by atoms with Gasteiger partial charge in [0, 0.05) is 0 Å². The maximum absolute atomic E-state index is 8.98. The van der Waals surface area contributed by atoms with Crippen LogP contribution in [0, 0.1) is 11.3 Å². The highest BCUT2D eigenvalue weighted by atomic mass is 79.9. The summed E-state index contributed by atoms with van der Waals surface area (Å²) in [7, 11) is 1.69. The van der Waals surface area contributed by atoms with Crippen molar-refractivity contribution in [3.63, 3.8) is 0 Å². The third-order valence-electron chi connectivity index (χ3n) is 3.20. The lowest BCUT2D eigenvalue weighted by Gasteiger charge is -2.16. The summed E-state index contributed by atoms with van der Waals surface area (Å²) in [6, 6.07) is 5.99. The maximum atomic E-state index is 8.98. The molecule has 1 aromatic carbocycles. The maximum Gasteiger partial charge on any atom is 0.136 e. The Morgan fingerprint density at radius 2 is 2.06 bits per heavy atom.